The van der Waals surface area contributed by atoms with Gasteiger partial charge in [0.05, 0.1) is 29.4 Å². The molecule has 2 aliphatic rings. The number of likely N-dealkylation sites (N-methyl/N-ethyl adjacent to an activating group) is 1. The highest BCUT2D eigenvalue weighted by molar-refractivity contribution is 5.94. The number of pyridine rings is 1. The number of fused-ring (bicyclic) bond motifs is 1. The number of nitriles is 1. The first-order valence-corrected chi connectivity index (χ1v) is 13.5. The molecule has 3 aromatic rings. The van der Waals surface area contributed by atoms with Crippen LogP contribution >= 0.6 is 0 Å². The third-order valence-electron chi connectivity index (χ3n) is 8.12. The van der Waals surface area contributed by atoms with E-state index in [9.17, 15) is 10.1 Å². The molecule has 9 heteroatoms. The number of benzene rings is 1. The number of hydrogen-bond acceptors (Lipinski definition) is 8. The van der Waals surface area contributed by atoms with Crippen molar-refractivity contribution in [3.8, 4) is 6.07 Å². The summed E-state index contributed by atoms with van der Waals surface area (Å²) < 4.78 is 0. The van der Waals surface area contributed by atoms with Crippen LogP contribution in [0.1, 0.15) is 54.6 Å². The summed E-state index contributed by atoms with van der Waals surface area (Å²) in [6.45, 7) is 9.88. The van der Waals surface area contributed by atoms with Crippen LogP contribution in [0.3, 0.4) is 0 Å². The van der Waals surface area contributed by atoms with Gasteiger partial charge in [0, 0.05) is 43.1 Å². The molecule has 1 amide bonds. The third-order valence-corrected chi connectivity index (χ3v) is 8.12. The van der Waals surface area contributed by atoms with E-state index in [0.29, 0.717) is 24.5 Å². The van der Waals surface area contributed by atoms with Crippen LogP contribution in [-0.4, -0.2) is 76.7 Å². The van der Waals surface area contributed by atoms with Crippen LogP contribution < -0.4 is 10.2 Å². The van der Waals surface area contributed by atoms with Gasteiger partial charge in [-0.1, -0.05) is 18.6 Å². The Morgan fingerprint density at radius 3 is 2.63 bits per heavy atom. The Kier molecular flexibility index (Phi) is 7.43. The lowest BCUT2D eigenvalue weighted by Gasteiger charge is -2.40. The molecule has 38 heavy (non-hydrogen) atoms. The summed E-state index contributed by atoms with van der Waals surface area (Å²) in [4.78, 5) is 24.4. The lowest BCUT2D eigenvalue weighted by atomic mass is 9.98. The number of nitrogens with zero attached hydrogens (tertiary/aromatic N) is 7. The summed E-state index contributed by atoms with van der Waals surface area (Å²) in [5.74, 6) is 1.84. The zero-order valence-electron chi connectivity index (χ0n) is 22.7. The highest BCUT2D eigenvalue weighted by Crippen LogP contribution is 2.30. The largest absolute Gasteiger partial charge is 0.362 e. The van der Waals surface area contributed by atoms with Gasteiger partial charge in [-0.15, -0.1) is 5.10 Å². The molecule has 0 saturated carbocycles. The predicted octanol–water partition coefficient (Wildman–Crippen LogP) is 3.82. The fraction of sp³-hybridized carbons (Fsp3) is 0.483. The minimum Gasteiger partial charge on any atom is -0.362 e. The summed E-state index contributed by atoms with van der Waals surface area (Å²) in [6.07, 6.45) is 5.13. The molecule has 2 aliphatic heterocycles. The second-order valence-electron chi connectivity index (χ2n) is 10.5. The first-order chi connectivity index (χ1) is 18.4. The lowest BCUT2D eigenvalue weighted by Crippen LogP contribution is -2.55. The van der Waals surface area contributed by atoms with Gasteiger partial charge in [0.1, 0.15) is 5.82 Å². The third kappa shape index (κ3) is 5.01. The number of rotatable bonds is 5. The molecule has 0 unspecified atom stereocenters. The Bertz CT molecular complexity index is 1370. The van der Waals surface area contributed by atoms with E-state index >= 15 is 0 Å². The SMILES string of the molecule is Cc1c(C#N)cccc1[C@@H](C)Nc1nnc(C)c2cnc(N3CCN(C(=O)[C@H]4CCCCN4C)CC3)cc12. The number of aromatic nitrogens is 3. The van der Waals surface area contributed by atoms with Gasteiger partial charge in [0.2, 0.25) is 5.91 Å². The molecule has 0 radical (unpaired) electrons. The van der Waals surface area contributed by atoms with Crippen molar-refractivity contribution in [2.24, 2.45) is 0 Å². The number of carbonyl (C=O) groups excluding carboxylic acids is 1. The molecule has 1 aromatic carbocycles. The van der Waals surface area contributed by atoms with Gasteiger partial charge in [0.25, 0.3) is 0 Å². The molecule has 2 aromatic heterocycles. The standard InChI is InChI=1S/C29H36N8O/c1-19-22(17-30)8-7-9-23(19)20(2)32-28-24-16-27(31-18-25(24)21(3)33-34-28)36-12-14-37(15-13-36)29(38)26-10-5-6-11-35(26)4/h7-9,16,18,20,26H,5-6,10-15H2,1-4H3,(H,32,34)/t20-,26-/m1/s1. The van der Waals surface area contributed by atoms with E-state index in [1.165, 1.54) is 6.42 Å². The van der Waals surface area contributed by atoms with Gasteiger partial charge in [-0.3, -0.25) is 9.69 Å². The molecule has 5 rings (SSSR count). The van der Waals surface area contributed by atoms with Crippen LogP contribution in [0.4, 0.5) is 11.6 Å². The summed E-state index contributed by atoms with van der Waals surface area (Å²) in [7, 11) is 2.07. The summed E-state index contributed by atoms with van der Waals surface area (Å²) in [5.41, 5.74) is 3.52. The van der Waals surface area contributed by atoms with Gasteiger partial charge in [-0.05, 0) is 70.5 Å². The number of piperidine rings is 1. The number of anilines is 2. The second-order valence-corrected chi connectivity index (χ2v) is 10.5. The van der Waals surface area contributed by atoms with Crippen molar-refractivity contribution in [1.29, 1.82) is 5.26 Å². The van der Waals surface area contributed by atoms with E-state index < -0.39 is 0 Å². The van der Waals surface area contributed by atoms with Gasteiger partial charge >= 0.3 is 0 Å². The summed E-state index contributed by atoms with van der Waals surface area (Å²) in [5, 5.41) is 23.7. The Labute approximate surface area is 224 Å². The van der Waals surface area contributed by atoms with Crippen LogP contribution in [0.15, 0.2) is 30.5 Å². The molecule has 2 fully saturated rings. The molecule has 0 bridgehead atoms. The number of nitrogens with one attached hydrogen (secondary N) is 1. The number of hydrogen-bond donors (Lipinski definition) is 1. The topological polar surface area (TPSA) is 101 Å². The number of likely N-dealkylation sites (tertiary alicyclic amines) is 1. The zero-order chi connectivity index (χ0) is 26.8. The van der Waals surface area contributed by atoms with Gasteiger partial charge < -0.3 is 15.1 Å². The molecule has 198 valence electrons. The molecular weight excluding hydrogens is 476 g/mol. The Balaban J connectivity index is 1.34. The molecule has 2 saturated heterocycles. The van der Waals surface area contributed by atoms with E-state index in [-0.39, 0.29) is 18.0 Å². The molecule has 0 spiro atoms. The van der Waals surface area contributed by atoms with Crippen LogP contribution in [0, 0.1) is 25.2 Å². The molecule has 4 heterocycles. The average molecular weight is 513 g/mol. The second kappa shape index (κ2) is 10.9. The number of amides is 1. The van der Waals surface area contributed by atoms with E-state index in [1.807, 2.05) is 43.1 Å². The normalized spacial score (nSPS) is 19.3. The van der Waals surface area contributed by atoms with Crippen LogP contribution in [0.2, 0.25) is 0 Å². The Morgan fingerprint density at radius 2 is 1.89 bits per heavy atom. The fourth-order valence-electron chi connectivity index (χ4n) is 5.72. The van der Waals surface area contributed by atoms with Crippen molar-refractivity contribution < 1.29 is 4.79 Å². The monoisotopic (exact) mass is 512 g/mol. The maximum atomic E-state index is 13.2. The van der Waals surface area contributed by atoms with Crippen molar-refractivity contribution in [1.82, 2.24) is 25.0 Å². The molecule has 9 nitrogen and oxygen atoms in total. The van der Waals surface area contributed by atoms with E-state index in [1.54, 1.807) is 0 Å². The fourth-order valence-corrected chi connectivity index (χ4v) is 5.72. The van der Waals surface area contributed by atoms with Crippen LogP contribution in [0.25, 0.3) is 10.8 Å². The highest BCUT2D eigenvalue weighted by Gasteiger charge is 2.31. The number of carbonyl (C=O) groups is 1. The number of piperazine rings is 1. The first kappa shape index (κ1) is 25.9. The van der Waals surface area contributed by atoms with Crippen molar-refractivity contribution >= 4 is 28.3 Å². The van der Waals surface area contributed by atoms with Gasteiger partial charge in [-0.2, -0.15) is 10.4 Å². The van der Waals surface area contributed by atoms with E-state index in [0.717, 1.165) is 65.9 Å². The molecule has 0 aliphatic carbocycles. The summed E-state index contributed by atoms with van der Waals surface area (Å²) >= 11 is 0. The first-order valence-electron chi connectivity index (χ1n) is 13.5. The Hall–Kier alpha value is -3.77. The lowest BCUT2D eigenvalue weighted by molar-refractivity contribution is -0.138. The van der Waals surface area contributed by atoms with E-state index in [2.05, 4.69) is 51.4 Å². The maximum absolute atomic E-state index is 13.2. The minimum atomic E-state index is -0.0624. The van der Waals surface area contributed by atoms with Crippen molar-refractivity contribution in [3.05, 3.63) is 52.8 Å². The average Bonchev–Trinajstić information content (AvgIpc) is 2.94. The predicted molar refractivity (Wildman–Crippen MR) is 149 cm³/mol. The highest BCUT2D eigenvalue weighted by atomic mass is 16.2. The van der Waals surface area contributed by atoms with Crippen molar-refractivity contribution in [2.45, 2.75) is 52.1 Å². The van der Waals surface area contributed by atoms with Crippen LogP contribution in [-0.2, 0) is 4.79 Å². The molecule has 2 atom stereocenters. The van der Waals surface area contributed by atoms with Crippen LogP contribution in [0.5, 0.6) is 0 Å². The maximum Gasteiger partial charge on any atom is 0.240 e. The zero-order valence-corrected chi connectivity index (χ0v) is 22.7. The molecule has 1 N–H and O–H groups in total. The minimum absolute atomic E-state index is 0.0174. The van der Waals surface area contributed by atoms with Crippen molar-refractivity contribution in [3.63, 3.8) is 0 Å². The van der Waals surface area contributed by atoms with Gasteiger partial charge in [-0.25, -0.2) is 4.98 Å². The van der Waals surface area contributed by atoms with Gasteiger partial charge in [0.15, 0.2) is 5.82 Å². The smallest absolute Gasteiger partial charge is 0.240 e. The summed E-state index contributed by atoms with van der Waals surface area (Å²) in [6, 6.07) is 10.1. The van der Waals surface area contributed by atoms with E-state index in [4.69, 9.17) is 4.98 Å². The number of aryl methyl sites for hydroxylation is 1. The Morgan fingerprint density at radius 1 is 1.11 bits per heavy atom. The molecular formula is C29H36N8O. The van der Waals surface area contributed by atoms with Crippen molar-refractivity contribution in [2.75, 3.05) is 50.0 Å². The quantitative estimate of drug-likeness (QED) is 0.551.